The third kappa shape index (κ3) is 5.06. The van der Waals surface area contributed by atoms with Crippen LogP contribution in [-0.4, -0.2) is 35.7 Å². The number of rotatable bonds is 5. The molecule has 1 saturated carbocycles. The van der Waals surface area contributed by atoms with Gasteiger partial charge in [-0.3, -0.25) is 4.79 Å². The number of carboxylic acid groups (broad SMARTS) is 1. The number of urea groups is 1. The summed E-state index contributed by atoms with van der Waals surface area (Å²) in [5, 5.41) is 14.5. The topological polar surface area (TPSA) is 104 Å². The minimum absolute atomic E-state index is 0.0231. The van der Waals surface area contributed by atoms with Crippen LogP contribution in [0.15, 0.2) is 0 Å². The number of hydrogen-bond acceptors (Lipinski definition) is 3. The predicted octanol–water partition coefficient (Wildman–Crippen LogP) is 1.06. The molecule has 0 radical (unpaired) electrons. The van der Waals surface area contributed by atoms with E-state index in [2.05, 4.69) is 10.6 Å². The molecule has 0 heterocycles. The molecule has 2 atom stereocenters. The van der Waals surface area contributed by atoms with Gasteiger partial charge >= 0.3 is 12.0 Å². The van der Waals surface area contributed by atoms with Gasteiger partial charge < -0.3 is 21.5 Å². The van der Waals surface area contributed by atoms with Gasteiger partial charge in [0.25, 0.3) is 0 Å². The Bertz CT molecular complexity index is 331. The van der Waals surface area contributed by atoms with Crippen molar-refractivity contribution in [2.45, 2.75) is 58.0 Å². The summed E-state index contributed by atoms with van der Waals surface area (Å²) >= 11 is 0. The molecule has 2 unspecified atom stereocenters. The molecule has 1 aliphatic rings. The van der Waals surface area contributed by atoms with E-state index in [1.807, 2.05) is 0 Å². The van der Waals surface area contributed by atoms with Gasteiger partial charge in [0.05, 0.1) is 5.41 Å². The van der Waals surface area contributed by atoms with E-state index < -0.39 is 11.4 Å². The van der Waals surface area contributed by atoms with E-state index >= 15 is 0 Å². The van der Waals surface area contributed by atoms with Gasteiger partial charge in [0.15, 0.2) is 0 Å². The average Bonchev–Trinajstić information content (AvgIpc) is 2.31. The molecule has 110 valence electrons. The van der Waals surface area contributed by atoms with Crippen LogP contribution in [0.5, 0.6) is 0 Å². The van der Waals surface area contributed by atoms with Gasteiger partial charge in [0.1, 0.15) is 0 Å². The van der Waals surface area contributed by atoms with Crippen molar-refractivity contribution in [1.29, 1.82) is 0 Å². The molecule has 1 rings (SSSR count). The number of hydrogen-bond donors (Lipinski definition) is 4. The molecule has 0 aliphatic heterocycles. The summed E-state index contributed by atoms with van der Waals surface area (Å²) < 4.78 is 0. The van der Waals surface area contributed by atoms with Crippen molar-refractivity contribution in [3.63, 3.8) is 0 Å². The third-order valence-electron chi connectivity index (χ3n) is 3.75. The lowest BCUT2D eigenvalue weighted by Gasteiger charge is -2.29. The van der Waals surface area contributed by atoms with Crippen LogP contribution in [0.2, 0.25) is 0 Å². The van der Waals surface area contributed by atoms with Crippen molar-refractivity contribution in [3.05, 3.63) is 0 Å². The first-order valence-corrected chi connectivity index (χ1v) is 6.86. The van der Waals surface area contributed by atoms with E-state index in [4.69, 9.17) is 10.8 Å². The van der Waals surface area contributed by atoms with Crippen LogP contribution >= 0.6 is 0 Å². The molecular formula is C13H25N3O3. The van der Waals surface area contributed by atoms with Gasteiger partial charge in [-0.25, -0.2) is 4.79 Å². The fourth-order valence-electron chi connectivity index (χ4n) is 2.15. The lowest BCUT2D eigenvalue weighted by atomic mass is 9.90. The number of amides is 2. The fraction of sp³-hybridized carbons (Fsp3) is 0.846. The summed E-state index contributed by atoms with van der Waals surface area (Å²) in [6, 6.07) is -0.209. The standard InChI is InChI=1S/C13H25N3O3/c1-13(2,11(17)18)7-8-15-12(19)16-10-6-4-3-5-9(10)14/h9-10H,3-8,14H2,1-2H3,(H,17,18)(H2,15,16,19). The Kier molecular flexibility index (Phi) is 5.60. The maximum Gasteiger partial charge on any atom is 0.315 e. The van der Waals surface area contributed by atoms with E-state index in [1.54, 1.807) is 13.8 Å². The highest BCUT2D eigenvalue weighted by Crippen LogP contribution is 2.19. The Morgan fingerprint density at radius 2 is 1.95 bits per heavy atom. The molecule has 0 saturated heterocycles. The van der Waals surface area contributed by atoms with E-state index in [9.17, 15) is 9.59 Å². The summed E-state index contributed by atoms with van der Waals surface area (Å²) in [6.45, 7) is 3.63. The van der Waals surface area contributed by atoms with Gasteiger partial charge in [0, 0.05) is 18.6 Å². The van der Waals surface area contributed by atoms with E-state index in [0.29, 0.717) is 13.0 Å². The normalized spacial score (nSPS) is 23.7. The Morgan fingerprint density at radius 3 is 2.53 bits per heavy atom. The molecule has 0 aromatic rings. The van der Waals surface area contributed by atoms with E-state index in [1.165, 1.54) is 0 Å². The molecule has 1 aliphatic carbocycles. The van der Waals surface area contributed by atoms with Crippen molar-refractivity contribution in [2.75, 3.05) is 6.54 Å². The molecule has 5 N–H and O–H groups in total. The van der Waals surface area contributed by atoms with Crippen LogP contribution < -0.4 is 16.4 Å². The van der Waals surface area contributed by atoms with Crippen molar-refractivity contribution >= 4 is 12.0 Å². The maximum atomic E-state index is 11.7. The Labute approximate surface area is 114 Å². The molecule has 0 spiro atoms. The summed E-state index contributed by atoms with van der Waals surface area (Å²) in [4.78, 5) is 22.6. The van der Waals surface area contributed by atoms with Crippen LogP contribution in [0.3, 0.4) is 0 Å². The second kappa shape index (κ2) is 6.75. The Morgan fingerprint density at radius 1 is 1.32 bits per heavy atom. The minimum atomic E-state index is -0.857. The van der Waals surface area contributed by atoms with E-state index in [-0.39, 0.29) is 18.1 Å². The van der Waals surface area contributed by atoms with Crippen molar-refractivity contribution in [1.82, 2.24) is 10.6 Å². The number of carbonyl (C=O) groups excluding carboxylic acids is 1. The second-order valence-electron chi connectivity index (χ2n) is 5.89. The van der Waals surface area contributed by atoms with Crippen LogP contribution in [0, 0.1) is 5.41 Å². The van der Waals surface area contributed by atoms with Crippen LogP contribution in [-0.2, 0) is 4.79 Å². The number of carboxylic acids is 1. The number of nitrogens with two attached hydrogens (primary N) is 1. The van der Waals surface area contributed by atoms with Gasteiger partial charge in [-0.2, -0.15) is 0 Å². The van der Waals surface area contributed by atoms with Crippen molar-refractivity contribution < 1.29 is 14.7 Å². The molecule has 6 nitrogen and oxygen atoms in total. The molecule has 0 aromatic carbocycles. The third-order valence-corrected chi connectivity index (χ3v) is 3.75. The minimum Gasteiger partial charge on any atom is -0.481 e. The van der Waals surface area contributed by atoms with Gasteiger partial charge in [-0.15, -0.1) is 0 Å². The first-order valence-electron chi connectivity index (χ1n) is 6.86. The van der Waals surface area contributed by atoms with Crippen LogP contribution in [0.1, 0.15) is 46.0 Å². The second-order valence-corrected chi connectivity index (χ2v) is 5.89. The first kappa shape index (κ1) is 15.8. The molecule has 19 heavy (non-hydrogen) atoms. The summed E-state index contributed by atoms with van der Waals surface area (Å²) in [7, 11) is 0. The van der Waals surface area contributed by atoms with Gasteiger partial charge in [0.2, 0.25) is 0 Å². The highest BCUT2D eigenvalue weighted by molar-refractivity contribution is 5.75. The molecule has 0 aromatic heterocycles. The molecular weight excluding hydrogens is 246 g/mol. The summed E-state index contributed by atoms with van der Waals surface area (Å²) in [5.41, 5.74) is 5.12. The average molecular weight is 271 g/mol. The van der Waals surface area contributed by atoms with Crippen LogP contribution in [0.4, 0.5) is 4.79 Å². The predicted molar refractivity (Wildman–Crippen MR) is 72.8 cm³/mol. The summed E-state index contributed by atoms with van der Waals surface area (Å²) in [6.07, 6.45) is 4.46. The number of aliphatic carboxylic acids is 1. The quantitative estimate of drug-likeness (QED) is 0.600. The monoisotopic (exact) mass is 271 g/mol. The maximum absolute atomic E-state index is 11.7. The molecule has 1 fully saturated rings. The smallest absolute Gasteiger partial charge is 0.315 e. The highest BCUT2D eigenvalue weighted by Gasteiger charge is 2.27. The largest absolute Gasteiger partial charge is 0.481 e. The first-order chi connectivity index (χ1) is 8.83. The lowest BCUT2D eigenvalue weighted by molar-refractivity contribution is -0.147. The van der Waals surface area contributed by atoms with Gasteiger partial charge in [-0.05, 0) is 33.1 Å². The zero-order valence-electron chi connectivity index (χ0n) is 11.7. The van der Waals surface area contributed by atoms with Crippen LogP contribution in [0.25, 0.3) is 0 Å². The molecule has 0 bridgehead atoms. The number of nitrogens with one attached hydrogen (secondary N) is 2. The van der Waals surface area contributed by atoms with Crippen molar-refractivity contribution in [3.8, 4) is 0 Å². The number of carbonyl (C=O) groups is 2. The fourth-order valence-corrected chi connectivity index (χ4v) is 2.15. The zero-order chi connectivity index (χ0) is 14.5. The molecule has 6 heteroatoms. The molecule has 2 amide bonds. The summed E-state index contributed by atoms with van der Waals surface area (Å²) in [5.74, 6) is -0.857. The van der Waals surface area contributed by atoms with Crippen molar-refractivity contribution in [2.24, 2.45) is 11.1 Å². The highest BCUT2D eigenvalue weighted by atomic mass is 16.4. The lowest BCUT2D eigenvalue weighted by Crippen LogP contribution is -2.52. The SMILES string of the molecule is CC(C)(CCNC(=O)NC1CCCCC1N)C(=O)O. The van der Waals surface area contributed by atoms with E-state index in [0.717, 1.165) is 25.7 Å². The Hall–Kier alpha value is -1.30. The Balaban J connectivity index is 2.26. The van der Waals surface area contributed by atoms with Gasteiger partial charge in [-0.1, -0.05) is 12.8 Å². The zero-order valence-corrected chi connectivity index (χ0v) is 11.7.